The fourth-order valence-corrected chi connectivity index (χ4v) is 1.29. The molecule has 0 fully saturated rings. The smallest absolute Gasteiger partial charge is 0.393 e. The molecule has 0 heterocycles. The van der Waals surface area contributed by atoms with E-state index in [4.69, 9.17) is 5.11 Å². The molecule has 1 aromatic rings. The van der Waals surface area contributed by atoms with Crippen LogP contribution in [-0.4, -0.2) is 17.3 Å². The Kier molecular flexibility index (Phi) is 3.88. The molecule has 92 valence electrons. The first-order valence-electron chi connectivity index (χ1n) is 4.54. The molecule has 0 spiro atoms. The molecule has 0 saturated heterocycles. The first kappa shape index (κ1) is 13.2. The number of alkyl halides is 3. The lowest BCUT2D eigenvalue weighted by molar-refractivity contribution is -0.131. The van der Waals surface area contributed by atoms with Crippen LogP contribution in [0.3, 0.4) is 0 Å². The number of hydrogen-bond acceptors (Lipinski definition) is 1. The van der Waals surface area contributed by atoms with E-state index in [0.29, 0.717) is 6.08 Å². The van der Waals surface area contributed by atoms with E-state index in [9.17, 15) is 22.4 Å². The Bertz CT molecular complexity index is 449. The molecule has 1 N–H and O–H groups in total. The Balaban J connectivity index is 3.12. The van der Waals surface area contributed by atoms with Crippen molar-refractivity contribution in [1.29, 1.82) is 0 Å². The molecule has 0 bridgehead atoms. The zero-order chi connectivity index (χ0) is 13.1. The lowest BCUT2D eigenvalue weighted by atomic mass is 10.0. The Hall–Kier alpha value is -1.85. The van der Waals surface area contributed by atoms with Crippen molar-refractivity contribution in [2.24, 2.45) is 0 Å². The van der Waals surface area contributed by atoms with Gasteiger partial charge >= 0.3 is 12.1 Å². The molecule has 0 aromatic heterocycles. The van der Waals surface area contributed by atoms with Gasteiger partial charge in [0.15, 0.2) is 0 Å². The number of halogens is 4. The van der Waals surface area contributed by atoms with E-state index in [0.717, 1.165) is 12.1 Å². The van der Waals surface area contributed by atoms with Gasteiger partial charge in [0.1, 0.15) is 5.82 Å². The zero-order valence-corrected chi connectivity index (χ0v) is 8.46. The summed E-state index contributed by atoms with van der Waals surface area (Å²) in [5.74, 6) is -2.23. The molecular weight excluding hydrogens is 240 g/mol. The molecule has 0 aliphatic carbocycles. The van der Waals surface area contributed by atoms with E-state index < -0.39 is 30.0 Å². The third-order valence-electron chi connectivity index (χ3n) is 1.88. The maximum Gasteiger partial charge on any atom is 0.393 e. The number of rotatable bonds is 3. The van der Waals surface area contributed by atoms with Crippen LogP contribution >= 0.6 is 0 Å². The average molecular weight is 248 g/mol. The van der Waals surface area contributed by atoms with Gasteiger partial charge in [0.25, 0.3) is 0 Å². The highest BCUT2D eigenvalue weighted by Gasteiger charge is 2.29. The first-order valence-corrected chi connectivity index (χ1v) is 4.54. The van der Waals surface area contributed by atoms with Gasteiger partial charge in [-0.2, -0.15) is 13.2 Å². The maximum atomic E-state index is 12.8. The predicted molar refractivity (Wildman–Crippen MR) is 52.7 cm³/mol. The first-order chi connectivity index (χ1) is 7.78. The monoisotopic (exact) mass is 248 g/mol. The van der Waals surface area contributed by atoms with Crippen molar-refractivity contribution in [3.63, 3.8) is 0 Å². The highest BCUT2D eigenvalue weighted by Crippen LogP contribution is 2.30. The van der Waals surface area contributed by atoms with E-state index in [1.54, 1.807) is 0 Å². The standard InChI is InChI=1S/C11H8F4O2/c12-9-3-1-2-7(4-9)8(5-10(16)17)6-11(13,14)15/h1-5H,6H2,(H,16,17)/b8-5+. The third-order valence-corrected chi connectivity index (χ3v) is 1.88. The fraction of sp³-hybridized carbons (Fsp3) is 0.182. The van der Waals surface area contributed by atoms with Gasteiger partial charge in [0, 0.05) is 6.08 Å². The Morgan fingerprint density at radius 3 is 2.47 bits per heavy atom. The van der Waals surface area contributed by atoms with Gasteiger partial charge in [0.2, 0.25) is 0 Å². The van der Waals surface area contributed by atoms with Gasteiger partial charge in [-0.25, -0.2) is 9.18 Å². The fourth-order valence-electron chi connectivity index (χ4n) is 1.29. The predicted octanol–water partition coefficient (Wildman–Crippen LogP) is 3.25. The number of carboxylic acid groups (broad SMARTS) is 1. The summed E-state index contributed by atoms with van der Waals surface area (Å²) in [6, 6.07) is 4.37. The van der Waals surface area contributed by atoms with Crippen LogP contribution in [-0.2, 0) is 4.79 Å². The van der Waals surface area contributed by atoms with Crippen molar-refractivity contribution in [2.75, 3.05) is 0 Å². The number of hydrogen-bond donors (Lipinski definition) is 1. The zero-order valence-electron chi connectivity index (χ0n) is 8.46. The SMILES string of the molecule is O=C(O)/C=C(\CC(F)(F)F)c1cccc(F)c1. The molecule has 0 aliphatic rings. The third kappa shape index (κ3) is 4.67. The van der Waals surface area contributed by atoms with Gasteiger partial charge in [-0.15, -0.1) is 0 Å². The maximum absolute atomic E-state index is 12.8. The summed E-state index contributed by atoms with van der Waals surface area (Å²) in [7, 11) is 0. The van der Waals surface area contributed by atoms with Crippen LogP contribution in [0.4, 0.5) is 17.6 Å². The summed E-state index contributed by atoms with van der Waals surface area (Å²) in [4.78, 5) is 10.4. The summed E-state index contributed by atoms with van der Waals surface area (Å²) < 4.78 is 49.5. The van der Waals surface area contributed by atoms with Crippen LogP contribution in [0.2, 0.25) is 0 Å². The van der Waals surface area contributed by atoms with Gasteiger partial charge in [-0.3, -0.25) is 0 Å². The summed E-state index contributed by atoms with van der Waals surface area (Å²) >= 11 is 0. The van der Waals surface area contributed by atoms with Crippen molar-refractivity contribution in [1.82, 2.24) is 0 Å². The second-order valence-electron chi connectivity index (χ2n) is 3.31. The van der Waals surface area contributed by atoms with E-state index in [-0.39, 0.29) is 5.56 Å². The molecule has 1 rings (SSSR count). The Morgan fingerprint density at radius 2 is 2.00 bits per heavy atom. The van der Waals surface area contributed by atoms with Gasteiger partial charge in [-0.05, 0) is 23.3 Å². The highest BCUT2D eigenvalue weighted by molar-refractivity contribution is 5.90. The summed E-state index contributed by atoms with van der Waals surface area (Å²) in [5, 5.41) is 8.47. The van der Waals surface area contributed by atoms with Crippen LogP contribution in [0, 0.1) is 5.82 Å². The Labute approximate surface area is 94.2 Å². The molecule has 2 nitrogen and oxygen atoms in total. The minimum Gasteiger partial charge on any atom is -0.478 e. The van der Waals surface area contributed by atoms with Crippen molar-refractivity contribution in [2.45, 2.75) is 12.6 Å². The molecule has 0 atom stereocenters. The van der Waals surface area contributed by atoms with Crippen molar-refractivity contribution >= 4 is 11.5 Å². The van der Waals surface area contributed by atoms with Crippen LogP contribution in [0.1, 0.15) is 12.0 Å². The van der Waals surface area contributed by atoms with Gasteiger partial charge in [0.05, 0.1) is 6.42 Å². The highest BCUT2D eigenvalue weighted by atomic mass is 19.4. The number of allylic oxidation sites excluding steroid dienone is 1. The molecule has 1 aromatic carbocycles. The summed E-state index contributed by atoms with van der Waals surface area (Å²) in [5.41, 5.74) is -0.575. The molecule has 0 saturated carbocycles. The van der Waals surface area contributed by atoms with E-state index in [1.165, 1.54) is 12.1 Å². The minimum absolute atomic E-state index is 0.0928. The second kappa shape index (κ2) is 4.99. The molecule has 6 heteroatoms. The number of carboxylic acids is 1. The lowest BCUT2D eigenvalue weighted by Gasteiger charge is -2.10. The van der Waals surface area contributed by atoms with Crippen molar-refractivity contribution in [3.8, 4) is 0 Å². The van der Waals surface area contributed by atoms with E-state index >= 15 is 0 Å². The van der Waals surface area contributed by atoms with E-state index in [2.05, 4.69) is 0 Å². The molecule has 0 amide bonds. The topological polar surface area (TPSA) is 37.3 Å². The normalized spacial score (nSPS) is 12.6. The molecule has 0 aliphatic heterocycles. The number of aliphatic carboxylic acids is 1. The van der Waals surface area contributed by atoms with E-state index in [1.807, 2.05) is 0 Å². The molecular formula is C11H8F4O2. The number of carbonyl (C=O) groups is 1. The average Bonchev–Trinajstić information content (AvgIpc) is 2.13. The van der Waals surface area contributed by atoms with Crippen LogP contribution < -0.4 is 0 Å². The van der Waals surface area contributed by atoms with Gasteiger partial charge < -0.3 is 5.11 Å². The summed E-state index contributed by atoms with van der Waals surface area (Å²) in [6.07, 6.45) is -5.53. The quantitative estimate of drug-likeness (QED) is 0.658. The van der Waals surface area contributed by atoms with Crippen LogP contribution in [0.15, 0.2) is 30.3 Å². The lowest BCUT2D eigenvalue weighted by Crippen LogP contribution is -2.09. The van der Waals surface area contributed by atoms with Crippen molar-refractivity contribution in [3.05, 3.63) is 41.7 Å². The van der Waals surface area contributed by atoms with Crippen LogP contribution in [0.5, 0.6) is 0 Å². The molecule has 0 radical (unpaired) electrons. The van der Waals surface area contributed by atoms with Crippen molar-refractivity contribution < 1.29 is 27.5 Å². The Morgan fingerprint density at radius 1 is 1.35 bits per heavy atom. The second-order valence-corrected chi connectivity index (χ2v) is 3.31. The van der Waals surface area contributed by atoms with Crippen LogP contribution in [0.25, 0.3) is 5.57 Å². The molecule has 17 heavy (non-hydrogen) atoms. The minimum atomic E-state index is -4.55. The van der Waals surface area contributed by atoms with Gasteiger partial charge in [-0.1, -0.05) is 12.1 Å². The summed E-state index contributed by atoms with van der Waals surface area (Å²) in [6.45, 7) is 0. The number of benzene rings is 1. The molecule has 0 unspecified atom stereocenters. The largest absolute Gasteiger partial charge is 0.478 e.